The molecular formula is C13H17N3O. The van der Waals surface area contributed by atoms with Crippen molar-refractivity contribution >= 4 is 22.5 Å². The summed E-state index contributed by atoms with van der Waals surface area (Å²) in [5.41, 5.74) is 7.88. The summed E-state index contributed by atoms with van der Waals surface area (Å²) in [6.07, 6.45) is 2.06. The number of anilines is 1. The molecule has 1 heterocycles. The van der Waals surface area contributed by atoms with Crippen LogP contribution in [0, 0.1) is 0 Å². The molecule has 17 heavy (non-hydrogen) atoms. The van der Waals surface area contributed by atoms with E-state index in [1.807, 2.05) is 24.3 Å². The first-order valence-electron chi connectivity index (χ1n) is 5.87. The van der Waals surface area contributed by atoms with Gasteiger partial charge in [0, 0.05) is 11.9 Å². The molecule has 0 saturated heterocycles. The normalized spacial score (nSPS) is 10.6. The summed E-state index contributed by atoms with van der Waals surface area (Å²) < 4.78 is 0. The SMILES string of the molecule is CCCCNC(=O)c1cc2cccc(N)c2[nH]1. The fourth-order valence-electron chi connectivity index (χ4n) is 1.78. The van der Waals surface area contributed by atoms with Crippen molar-refractivity contribution in [1.29, 1.82) is 0 Å². The van der Waals surface area contributed by atoms with Crippen molar-refractivity contribution in [3.05, 3.63) is 30.0 Å². The van der Waals surface area contributed by atoms with Crippen LogP contribution in [0.4, 0.5) is 5.69 Å². The average molecular weight is 231 g/mol. The van der Waals surface area contributed by atoms with Gasteiger partial charge in [0.05, 0.1) is 11.2 Å². The molecule has 2 rings (SSSR count). The molecule has 0 saturated carbocycles. The number of hydrogen-bond acceptors (Lipinski definition) is 2. The van der Waals surface area contributed by atoms with Gasteiger partial charge in [-0.1, -0.05) is 25.5 Å². The molecule has 0 atom stereocenters. The Labute approximate surface area is 100 Å². The molecule has 1 aromatic heterocycles. The number of fused-ring (bicyclic) bond motifs is 1. The van der Waals surface area contributed by atoms with Crippen LogP contribution in [0.25, 0.3) is 10.9 Å². The van der Waals surface area contributed by atoms with Crippen LogP contribution < -0.4 is 11.1 Å². The number of unbranched alkanes of at least 4 members (excludes halogenated alkanes) is 1. The third kappa shape index (κ3) is 2.41. The monoisotopic (exact) mass is 231 g/mol. The number of benzene rings is 1. The molecule has 0 radical (unpaired) electrons. The smallest absolute Gasteiger partial charge is 0.267 e. The van der Waals surface area contributed by atoms with E-state index in [0.717, 1.165) is 23.7 Å². The number of aromatic nitrogens is 1. The van der Waals surface area contributed by atoms with Crippen LogP contribution in [0.2, 0.25) is 0 Å². The number of hydrogen-bond donors (Lipinski definition) is 3. The van der Waals surface area contributed by atoms with Crippen molar-refractivity contribution in [3.63, 3.8) is 0 Å². The third-order valence-electron chi connectivity index (χ3n) is 2.75. The Hall–Kier alpha value is -1.97. The Morgan fingerprint density at radius 2 is 2.29 bits per heavy atom. The number of carbonyl (C=O) groups is 1. The van der Waals surface area contributed by atoms with Gasteiger partial charge in [0.2, 0.25) is 0 Å². The lowest BCUT2D eigenvalue weighted by Crippen LogP contribution is -2.24. The van der Waals surface area contributed by atoms with E-state index >= 15 is 0 Å². The maximum Gasteiger partial charge on any atom is 0.267 e. The van der Waals surface area contributed by atoms with Crippen molar-refractivity contribution in [2.45, 2.75) is 19.8 Å². The van der Waals surface area contributed by atoms with Gasteiger partial charge in [0.1, 0.15) is 5.69 Å². The Balaban J connectivity index is 2.19. The van der Waals surface area contributed by atoms with Gasteiger partial charge in [-0.05, 0) is 18.6 Å². The van der Waals surface area contributed by atoms with Crippen LogP contribution in [0.15, 0.2) is 24.3 Å². The van der Waals surface area contributed by atoms with Gasteiger partial charge in [0.15, 0.2) is 0 Å². The van der Waals surface area contributed by atoms with Crippen molar-refractivity contribution in [3.8, 4) is 0 Å². The average Bonchev–Trinajstić information content (AvgIpc) is 2.75. The molecule has 0 aliphatic heterocycles. The predicted octanol–water partition coefficient (Wildman–Crippen LogP) is 2.28. The summed E-state index contributed by atoms with van der Waals surface area (Å²) in [6.45, 7) is 2.80. The lowest BCUT2D eigenvalue weighted by atomic mass is 10.2. The molecule has 2 aromatic rings. The first kappa shape index (κ1) is 11.5. The summed E-state index contributed by atoms with van der Waals surface area (Å²) in [7, 11) is 0. The molecule has 0 aliphatic carbocycles. The highest BCUT2D eigenvalue weighted by molar-refractivity contribution is 6.00. The maximum absolute atomic E-state index is 11.8. The number of nitrogen functional groups attached to an aromatic ring is 1. The van der Waals surface area contributed by atoms with Crippen LogP contribution in [0.5, 0.6) is 0 Å². The molecule has 0 bridgehead atoms. The zero-order valence-corrected chi connectivity index (χ0v) is 9.92. The van der Waals surface area contributed by atoms with Crippen molar-refractivity contribution in [2.75, 3.05) is 12.3 Å². The minimum Gasteiger partial charge on any atom is -0.397 e. The van der Waals surface area contributed by atoms with Gasteiger partial charge in [-0.3, -0.25) is 4.79 Å². The highest BCUT2D eigenvalue weighted by Crippen LogP contribution is 2.20. The molecule has 4 N–H and O–H groups in total. The first-order chi connectivity index (χ1) is 8.22. The number of amides is 1. The van der Waals surface area contributed by atoms with Gasteiger partial charge in [-0.25, -0.2) is 0 Å². The second-order valence-corrected chi connectivity index (χ2v) is 4.10. The van der Waals surface area contributed by atoms with Gasteiger partial charge in [-0.2, -0.15) is 0 Å². The van der Waals surface area contributed by atoms with Crippen molar-refractivity contribution in [1.82, 2.24) is 10.3 Å². The minimum atomic E-state index is -0.0750. The lowest BCUT2D eigenvalue weighted by Gasteiger charge is -2.01. The van der Waals surface area contributed by atoms with E-state index in [2.05, 4.69) is 17.2 Å². The number of para-hydroxylation sites is 1. The zero-order chi connectivity index (χ0) is 12.3. The van der Waals surface area contributed by atoms with E-state index in [1.165, 1.54) is 0 Å². The topological polar surface area (TPSA) is 70.9 Å². The molecule has 0 unspecified atom stereocenters. The fraction of sp³-hybridized carbons (Fsp3) is 0.308. The van der Waals surface area contributed by atoms with Gasteiger partial charge >= 0.3 is 0 Å². The summed E-state index contributed by atoms with van der Waals surface area (Å²) in [5, 5.41) is 3.83. The Morgan fingerprint density at radius 1 is 1.47 bits per heavy atom. The van der Waals surface area contributed by atoms with E-state index in [9.17, 15) is 4.79 Å². The fourth-order valence-corrected chi connectivity index (χ4v) is 1.78. The summed E-state index contributed by atoms with van der Waals surface area (Å²) in [4.78, 5) is 14.9. The van der Waals surface area contributed by atoms with Gasteiger partial charge in [-0.15, -0.1) is 0 Å². The van der Waals surface area contributed by atoms with Crippen LogP contribution >= 0.6 is 0 Å². The highest BCUT2D eigenvalue weighted by atomic mass is 16.1. The minimum absolute atomic E-state index is 0.0750. The number of carbonyl (C=O) groups excluding carboxylic acids is 1. The Kier molecular flexibility index (Phi) is 3.32. The molecule has 1 amide bonds. The molecule has 4 nitrogen and oxygen atoms in total. The predicted molar refractivity (Wildman–Crippen MR) is 70.0 cm³/mol. The highest BCUT2D eigenvalue weighted by Gasteiger charge is 2.09. The van der Waals surface area contributed by atoms with E-state index in [1.54, 1.807) is 0 Å². The maximum atomic E-state index is 11.8. The molecule has 0 fully saturated rings. The Bertz CT molecular complexity index is 530. The zero-order valence-electron chi connectivity index (χ0n) is 9.92. The second kappa shape index (κ2) is 4.91. The molecule has 0 aliphatic rings. The van der Waals surface area contributed by atoms with E-state index in [0.29, 0.717) is 17.9 Å². The van der Waals surface area contributed by atoms with Crippen LogP contribution in [-0.2, 0) is 0 Å². The summed E-state index contributed by atoms with van der Waals surface area (Å²) in [6, 6.07) is 7.46. The molecule has 1 aromatic carbocycles. The molecule has 0 spiro atoms. The van der Waals surface area contributed by atoms with Crippen molar-refractivity contribution < 1.29 is 4.79 Å². The molecule has 4 heteroatoms. The number of nitrogens with one attached hydrogen (secondary N) is 2. The van der Waals surface area contributed by atoms with E-state index in [-0.39, 0.29) is 5.91 Å². The van der Waals surface area contributed by atoms with Crippen molar-refractivity contribution in [2.24, 2.45) is 0 Å². The van der Waals surface area contributed by atoms with E-state index < -0.39 is 0 Å². The largest absolute Gasteiger partial charge is 0.397 e. The van der Waals surface area contributed by atoms with Gasteiger partial charge < -0.3 is 16.0 Å². The molecule has 90 valence electrons. The number of H-pyrrole nitrogens is 1. The number of rotatable bonds is 4. The lowest BCUT2D eigenvalue weighted by molar-refractivity contribution is 0.0949. The Morgan fingerprint density at radius 3 is 3.00 bits per heavy atom. The first-order valence-corrected chi connectivity index (χ1v) is 5.87. The standard InChI is InChI=1S/C13H17N3O/c1-2-3-7-15-13(17)11-8-9-5-4-6-10(14)12(9)16-11/h4-6,8,16H,2-3,7,14H2,1H3,(H,15,17). The summed E-state index contributed by atoms with van der Waals surface area (Å²) in [5.74, 6) is -0.0750. The quantitative estimate of drug-likeness (QED) is 0.558. The third-order valence-corrected chi connectivity index (χ3v) is 2.75. The van der Waals surface area contributed by atoms with Crippen LogP contribution in [0.1, 0.15) is 30.3 Å². The van der Waals surface area contributed by atoms with E-state index in [4.69, 9.17) is 5.73 Å². The summed E-state index contributed by atoms with van der Waals surface area (Å²) >= 11 is 0. The second-order valence-electron chi connectivity index (χ2n) is 4.10. The molecular weight excluding hydrogens is 214 g/mol. The van der Waals surface area contributed by atoms with Gasteiger partial charge in [0.25, 0.3) is 5.91 Å². The van der Waals surface area contributed by atoms with Crippen LogP contribution in [0.3, 0.4) is 0 Å². The van der Waals surface area contributed by atoms with Crippen LogP contribution in [-0.4, -0.2) is 17.4 Å². The number of aromatic amines is 1. The number of nitrogens with two attached hydrogens (primary N) is 1.